The summed E-state index contributed by atoms with van der Waals surface area (Å²) in [7, 11) is 0. The molecule has 2 saturated heterocycles. The lowest BCUT2D eigenvalue weighted by Gasteiger charge is -2.43. The van der Waals surface area contributed by atoms with E-state index in [2.05, 4.69) is 16.7 Å². The first kappa shape index (κ1) is 14.3. The van der Waals surface area contributed by atoms with Crippen LogP contribution in [-0.2, 0) is 9.47 Å². The van der Waals surface area contributed by atoms with Gasteiger partial charge in [0.1, 0.15) is 0 Å². The largest absolute Gasteiger partial charge is 0.352 e. The average Bonchev–Trinajstić information content (AvgIpc) is 2.77. The molecule has 0 bridgehead atoms. The van der Waals surface area contributed by atoms with E-state index in [9.17, 15) is 0 Å². The van der Waals surface area contributed by atoms with Crippen molar-refractivity contribution in [2.45, 2.75) is 52.0 Å². The Bertz CT molecular complexity index is 244. The standard InChI is InChI=1S/C14H28N2O2/c1-4-17-14(18-5-2)11-16-10-13-7-6-8-15(13)9-12(16)3/h12-14H,4-11H2,1-3H3. The lowest BCUT2D eigenvalue weighted by Crippen LogP contribution is -2.56. The molecule has 2 atom stereocenters. The minimum Gasteiger partial charge on any atom is -0.352 e. The van der Waals surface area contributed by atoms with Crippen LogP contribution in [0.1, 0.15) is 33.6 Å². The third-order valence-electron chi connectivity index (χ3n) is 4.16. The van der Waals surface area contributed by atoms with E-state index < -0.39 is 0 Å². The molecule has 0 N–H and O–H groups in total. The Hall–Kier alpha value is -0.160. The van der Waals surface area contributed by atoms with Gasteiger partial charge in [0.2, 0.25) is 0 Å². The van der Waals surface area contributed by atoms with Crippen molar-refractivity contribution in [3.63, 3.8) is 0 Å². The highest BCUT2D eigenvalue weighted by molar-refractivity contribution is 4.90. The number of rotatable bonds is 6. The predicted octanol–water partition coefficient (Wildman–Crippen LogP) is 1.55. The Kier molecular flexibility index (Phi) is 5.42. The molecule has 2 fully saturated rings. The lowest BCUT2D eigenvalue weighted by molar-refractivity contribution is -0.154. The van der Waals surface area contributed by atoms with Crippen molar-refractivity contribution in [3.05, 3.63) is 0 Å². The molecule has 2 aliphatic heterocycles. The molecule has 0 radical (unpaired) electrons. The zero-order valence-electron chi connectivity index (χ0n) is 12.1. The molecular weight excluding hydrogens is 228 g/mol. The van der Waals surface area contributed by atoms with Crippen LogP contribution in [0.5, 0.6) is 0 Å². The Balaban J connectivity index is 1.86. The molecule has 0 aromatic heterocycles. The van der Waals surface area contributed by atoms with Gasteiger partial charge in [0.15, 0.2) is 6.29 Å². The minimum absolute atomic E-state index is 0.0598. The van der Waals surface area contributed by atoms with Crippen LogP contribution in [0, 0.1) is 0 Å². The normalized spacial score (nSPS) is 30.0. The van der Waals surface area contributed by atoms with Gasteiger partial charge >= 0.3 is 0 Å². The van der Waals surface area contributed by atoms with Gasteiger partial charge in [-0.15, -0.1) is 0 Å². The van der Waals surface area contributed by atoms with E-state index in [1.54, 1.807) is 0 Å². The molecule has 0 spiro atoms. The van der Waals surface area contributed by atoms with Gasteiger partial charge in [-0.25, -0.2) is 0 Å². The van der Waals surface area contributed by atoms with Gasteiger partial charge in [0.05, 0.1) is 0 Å². The highest BCUT2D eigenvalue weighted by Gasteiger charge is 2.35. The molecule has 0 saturated carbocycles. The molecule has 0 aromatic rings. The second-order valence-corrected chi connectivity index (χ2v) is 5.43. The third kappa shape index (κ3) is 3.44. The smallest absolute Gasteiger partial charge is 0.170 e. The molecule has 106 valence electrons. The van der Waals surface area contributed by atoms with Gasteiger partial charge in [0.25, 0.3) is 0 Å². The van der Waals surface area contributed by atoms with E-state index in [0.29, 0.717) is 6.04 Å². The van der Waals surface area contributed by atoms with Crippen molar-refractivity contribution in [1.82, 2.24) is 9.80 Å². The molecular formula is C14H28N2O2. The van der Waals surface area contributed by atoms with Crippen LogP contribution in [0.15, 0.2) is 0 Å². The second kappa shape index (κ2) is 6.85. The van der Waals surface area contributed by atoms with Crippen molar-refractivity contribution >= 4 is 0 Å². The highest BCUT2D eigenvalue weighted by atomic mass is 16.7. The maximum atomic E-state index is 5.67. The molecule has 2 rings (SSSR count). The molecule has 4 nitrogen and oxygen atoms in total. The van der Waals surface area contributed by atoms with Crippen LogP contribution in [0.25, 0.3) is 0 Å². The number of fused-ring (bicyclic) bond motifs is 1. The van der Waals surface area contributed by atoms with Crippen LogP contribution >= 0.6 is 0 Å². The fourth-order valence-corrected chi connectivity index (χ4v) is 3.22. The van der Waals surface area contributed by atoms with E-state index in [0.717, 1.165) is 25.8 Å². The number of nitrogens with zero attached hydrogens (tertiary/aromatic N) is 2. The van der Waals surface area contributed by atoms with Crippen molar-refractivity contribution in [1.29, 1.82) is 0 Å². The molecule has 2 unspecified atom stereocenters. The maximum Gasteiger partial charge on any atom is 0.170 e. The average molecular weight is 256 g/mol. The summed E-state index contributed by atoms with van der Waals surface area (Å²) in [5.41, 5.74) is 0. The highest BCUT2D eigenvalue weighted by Crippen LogP contribution is 2.24. The maximum absolute atomic E-state index is 5.67. The van der Waals surface area contributed by atoms with Crippen LogP contribution in [0.2, 0.25) is 0 Å². The molecule has 2 aliphatic rings. The van der Waals surface area contributed by atoms with E-state index in [1.807, 2.05) is 13.8 Å². The fourth-order valence-electron chi connectivity index (χ4n) is 3.22. The molecule has 18 heavy (non-hydrogen) atoms. The van der Waals surface area contributed by atoms with E-state index in [1.165, 1.54) is 32.5 Å². The monoisotopic (exact) mass is 256 g/mol. The van der Waals surface area contributed by atoms with E-state index >= 15 is 0 Å². The number of ether oxygens (including phenoxy) is 2. The summed E-state index contributed by atoms with van der Waals surface area (Å²) in [4.78, 5) is 5.19. The summed E-state index contributed by atoms with van der Waals surface area (Å²) in [6.07, 6.45) is 2.67. The van der Waals surface area contributed by atoms with Crippen molar-refractivity contribution in [2.24, 2.45) is 0 Å². The first-order valence-electron chi connectivity index (χ1n) is 7.45. The summed E-state index contributed by atoms with van der Waals surface area (Å²) in [5.74, 6) is 0. The quantitative estimate of drug-likeness (QED) is 0.673. The Labute approximate surface area is 111 Å². The fraction of sp³-hybridized carbons (Fsp3) is 1.00. The summed E-state index contributed by atoms with van der Waals surface area (Å²) in [6, 6.07) is 1.38. The van der Waals surface area contributed by atoms with Gasteiger partial charge in [-0.05, 0) is 40.2 Å². The summed E-state index contributed by atoms with van der Waals surface area (Å²) >= 11 is 0. The first-order chi connectivity index (χ1) is 8.74. The molecule has 0 aromatic carbocycles. The summed E-state index contributed by atoms with van der Waals surface area (Å²) in [6.45, 7) is 12.4. The zero-order chi connectivity index (χ0) is 13.0. The lowest BCUT2D eigenvalue weighted by atomic mass is 10.1. The molecule has 0 aliphatic carbocycles. The topological polar surface area (TPSA) is 24.9 Å². The van der Waals surface area contributed by atoms with Gasteiger partial charge in [-0.2, -0.15) is 0 Å². The Morgan fingerprint density at radius 1 is 1.17 bits per heavy atom. The number of piperazine rings is 1. The van der Waals surface area contributed by atoms with Crippen molar-refractivity contribution < 1.29 is 9.47 Å². The second-order valence-electron chi connectivity index (χ2n) is 5.43. The predicted molar refractivity (Wildman–Crippen MR) is 72.7 cm³/mol. The van der Waals surface area contributed by atoms with E-state index in [4.69, 9.17) is 9.47 Å². The van der Waals surface area contributed by atoms with Crippen LogP contribution in [0.3, 0.4) is 0 Å². The van der Waals surface area contributed by atoms with Crippen LogP contribution in [0.4, 0.5) is 0 Å². The summed E-state index contributed by atoms with van der Waals surface area (Å²) in [5, 5.41) is 0. The zero-order valence-corrected chi connectivity index (χ0v) is 12.1. The molecule has 4 heteroatoms. The number of hydrogen-bond donors (Lipinski definition) is 0. The van der Waals surface area contributed by atoms with Crippen molar-refractivity contribution in [3.8, 4) is 0 Å². The molecule has 0 amide bonds. The SMILES string of the molecule is CCOC(CN1CC2CCCN2CC1C)OCC. The Morgan fingerprint density at radius 2 is 1.89 bits per heavy atom. The molecule has 2 heterocycles. The van der Waals surface area contributed by atoms with Gasteiger partial charge < -0.3 is 9.47 Å². The van der Waals surface area contributed by atoms with Crippen LogP contribution < -0.4 is 0 Å². The van der Waals surface area contributed by atoms with Crippen molar-refractivity contribution in [2.75, 3.05) is 39.4 Å². The first-order valence-corrected chi connectivity index (χ1v) is 7.45. The van der Waals surface area contributed by atoms with Gasteiger partial charge in [-0.1, -0.05) is 0 Å². The number of hydrogen-bond acceptors (Lipinski definition) is 4. The Morgan fingerprint density at radius 3 is 2.56 bits per heavy atom. The van der Waals surface area contributed by atoms with E-state index in [-0.39, 0.29) is 6.29 Å². The van der Waals surface area contributed by atoms with Crippen LogP contribution in [-0.4, -0.2) is 67.6 Å². The van der Waals surface area contributed by atoms with Gasteiger partial charge in [0, 0.05) is 44.9 Å². The summed E-state index contributed by atoms with van der Waals surface area (Å²) < 4.78 is 11.3. The minimum atomic E-state index is -0.0598. The third-order valence-corrected chi connectivity index (χ3v) is 4.16. The van der Waals surface area contributed by atoms with Gasteiger partial charge in [-0.3, -0.25) is 9.80 Å².